The molecule has 10 atom stereocenters. The number of rotatable bonds is 0. The molecule has 0 aliphatic heterocycles. The summed E-state index contributed by atoms with van der Waals surface area (Å²) in [6.07, 6.45) is 14.0. The Morgan fingerprint density at radius 1 is 0.548 bits per heavy atom. The third kappa shape index (κ3) is 1.81. The van der Waals surface area contributed by atoms with E-state index in [4.69, 9.17) is 0 Å². The summed E-state index contributed by atoms with van der Waals surface area (Å²) in [5.74, 6) is 10.3. The van der Waals surface area contributed by atoms with Gasteiger partial charge in [0.2, 0.25) is 0 Å². The lowest BCUT2D eigenvalue weighted by atomic mass is 9.64. The Balaban J connectivity index is 1.16. The summed E-state index contributed by atoms with van der Waals surface area (Å²) in [7, 11) is 0. The van der Waals surface area contributed by atoms with Gasteiger partial charge in [-0.15, -0.1) is 0 Å². The van der Waals surface area contributed by atoms with Crippen LogP contribution in [0.2, 0.25) is 0 Å². The second kappa shape index (κ2) is 5.38. The van der Waals surface area contributed by atoms with Crippen LogP contribution < -0.4 is 0 Å². The van der Waals surface area contributed by atoms with Gasteiger partial charge in [-0.2, -0.15) is 0 Å². The molecule has 156 valence electrons. The summed E-state index contributed by atoms with van der Waals surface area (Å²) >= 11 is 0. The molecule has 0 heterocycles. The van der Waals surface area contributed by atoms with Crippen molar-refractivity contribution < 1.29 is 0 Å². The predicted octanol–water partition coefficient (Wildman–Crippen LogP) is 6.63. The minimum absolute atomic E-state index is 0.310. The molecule has 0 aromatic heterocycles. The van der Waals surface area contributed by atoms with Crippen molar-refractivity contribution in [3.8, 4) is 0 Å². The summed E-state index contributed by atoms with van der Waals surface area (Å²) < 4.78 is 0. The van der Waals surface area contributed by atoms with Gasteiger partial charge in [-0.25, -0.2) is 0 Å². The van der Waals surface area contributed by atoms with Gasteiger partial charge in [0.15, 0.2) is 0 Å². The van der Waals surface area contributed by atoms with Gasteiger partial charge >= 0.3 is 0 Å². The number of allylic oxidation sites excluding steroid dienone is 2. The van der Waals surface area contributed by atoms with Crippen molar-refractivity contribution in [3.05, 3.63) is 82.9 Å². The van der Waals surface area contributed by atoms with Gasteiger partial charge in [-0.05, 0) is 120 Å². The Morgan fingerprint density at radius 3 is 1.94 bits per heavy atom. The van der Waals surface area contributed by atoms with Crippen LogP contribution in [-0.2, 0) is 11.8 Å². The van der Waals surface area contributed by atoms with E-state index in [1.807, 2.05) is 0 Å². The zero-order valence-electron chi connectivity index (χ0n) is 18.3. The molecule has 1 spiro atoms. The minimum Gasteiger partial charge on any atom is -0.0848 e. The molecule has 0 N–H and O–H groups in total. The highest BCUT2D eigenvalue weighted by Crippen LogP contribution is 2.76. The molecule has 0 heteroatoms. The van der Waals surface area contributed by atoms with Crippen molar-refractivity contribution in [1.82, 2.24) is 0 Å². The van der Waals surface area contributed by atoms with Crippen LogP contribution in [-0.4, -0.2) is 0 Å². The molecule has 0 nitrogen and oxygen atoms in total. The average molecular weight is 405 g/mol. The van der Waals surface area contributed by atoms with E-state index in [0.29, 0.717) is 5.41 Å². The van der Waals surface area contributed by atoms with Crippen molar-refractivity contribution in [1.29, 1.82) is 0 Å². The van der Waals surface area contributed by atoms with Crippen LogP contribution in [0.1, 0.15) is 54.4 Å². The Kier molecular flexibility index (Phi) is 2.91. The van der Waals surface area contributed by atoms with Crippen molar-refractivity contribution in [2.24, 2.45) is 59.2 Å². The van der Waals surface area contributed by atoms with Gasteiger partial charge in [-0.1, -0.05) is 60.7 Å². The topological polar surface area (TPSA) is 0 Å². The van der Waals surface area contributed by atoms with Gasteiger partial charge in [0.25, 0.3) is 0 Å². The van der Waals surface area contributed by atoms with Gasteiger partial charge < -0.3 is 0 Å². The molecule has 10 unspecified atom stereocenters. The zero-order valence-corrected chi connectivity index (χ0v) is 18.3. The third-order valence-electron chi connectivity index (χ3n) is 12.0. The van der Waals surface area contributed by atoms with Crippen LogP contribution in [0, 0.1) is 59.2 Å². The van der Waals surface area contributed by atoms with Crippen LogP contribution in [0.5, 0.6) is 0 Å². The molecule has 9 rings (SSSR count). The number of benzene rings is 2. The van der Waals surface area contributed by atoms with E-state index >= 15 is 0 Å². The summed E-state index contributed by atoms with van der Waals surface area (Å²) in [6.45, 7) is 0. The second-order valence-corrected chi connectivity index (χ2v) is 12.5. The molecule has 0 amide bonds. The maximum atomic E-state index is 2.64. The van der Waals surface area contributed by atoms with Crippen molar-refractivity contribution in [2.45, 2.75) is 43.9 Å². The maximum Gasteiger partial charge on any atom is 0.0214 e. The molecular formula is C31H32. The molecule has 31 heavy (non-hydrogen) atoms. The molecule has 4 bridgehead atoms. The maximum absolute atomic E-state index is 2.64. The molecule has 2 aromatic carbocycles. The first-order valence-corrected chi connectivity index (χ1v) is 13.2. The van der Waals surface area contributed by atoms with Crippen LogP contribution in [0.4, 0.5) is 0 Å². The van der Waals surface area contributed by atoms with E-state index < -0.39 is 0 Å². The van der Waals surface area contributed by atoms with E-state index in [1.54, 1.807) is 35.1 Å². The Bertz CT molecular complexity index is 1090. The lowest BCUT2D eigenvalue weighted by molar-refractivity contribution is 0.102. The first-order chi connectivity index (χ1) is 15.3. The zero-order chi connectivity index (χ0) is 19.9. The van der Waals surface area contributed by atoms with E-state index in [2.05, 4.69) is 60.7 Å². The van der Waals surface area contributed by atoms with E-state index in [0.717, 1.165) is 65.6 Å². The average Bonchev–Trinajstić information content (AvgIpc) is 3.59. The number of fused-ring (bicyclic) bond motifs is 18. The first kappa shape index (κ1) is 16.8. The molecular weight excluding hydrogens is 372 g/mol. The van der Waals surface area contributed by atoms with Crippen LogP contribution in [0.25, 0.3) is 0 Å². The van der Waals surface area contributed by atoms with Crippen molar-refractivity contribution in [3.63, 3.8) is 0 Å². The molecule has 7 aliphatic rings. The minimum atomic E-state index is 0.310. The van der Waals surface area contributed by atoms with Gasteiger partial charge in [0.1, 0.15) is 0 Å². The summed E-state index contributed by atoms with van der Waals surface area (Å²) in [5.41, 5.74) is 6.95. The second-order valence-electron chi connectivity index (χ2n) is 12.5. The SMILES string of the molecule is C1=CC2CC1C1CC3C4CC(C5CC6(CC54)c4ccccc4Cc4ccccc46)C3C21. The highest BCUT2D eigenvalue weighted by molar-refractivity contribution is 5.55. The van der Waals surface area contributed by atoms with Crippen molar-refractivity contribution >= 4 is 0 Å². The highest BCUT2D eigenvalue weighted by Gasteiger charge is 2.70. The smallest absolute Gasteiger partial charge is 0.0214 e. The standard InChI is InChI=1S/C31H32/c1-3-7-27-18(5-1)12-19-6-2-4-8-28(19)31(27)15-25-22-14-24(26(25)16-31)30-23(22)13-21-17-9-10-20(11-17)29(21)30/h1-10,17,20-26,29-30H,11-16H2. The summed E-state index contributed by atoms with van der Waals surface area (Å²) in [5, 5.41) is 0. The molecule has 5 fully saturated rings. The van der Waals surface area contributed by atoms with E-state index in [9.17, 15) is 0 Å². The van der Waals surface area contributed by atoms with Crippen LogP contribution in [0.15, 0.2) is 60.7 Å². The monoisotopic (exact) mass is 404 g/mol. The van der Waals surface area contributed by atoms with E-state index in [-0.39, 0.29) is 0 Å². The largest absolute Gasteiger partial charge is 0.0848 e. The quantitative estimate of drug-likeness (QED) is 0.432. The number of hydrogen-bond donors (Lipinski definition) is 0. The van der Waals surface area contributed by atoms with Gasteiger partial charge in [-0.3, -0.25) is 0 Å². The fraction of sp³-hybridized carbons (Fsp3) is 0.548. The van der Waals surface area contributed by atoms with Crippen LogP contribution >= 0.6 is 0 Å². The Hall–Kier alpha value is -1.82. The highest BCUT2D eigenvalue weighted by atomic mass is 14.7. The number of hydrogen-bond acceptors (Lipinski definition) is 0. The van der Waals surface area contributed by atoms with E-state index in [1.165, 1.54) is 19.3 Å². The fourth-order valence-electron chi connectivity index (χ4n) is 11.5. The normalized spacial score (nSPS) is 48.0. The van der Waals surface area contributed by atoms with Crippen molar-refractivity contribution in [2.75, 3.05) is 0 Å². The van der Waals surface area contributed by atoms with Crippen LogP contribution in [0.3, 0.4) is 0 Å². The third-order valence-corrected chi connectivity index (χ3v) is 12.0. The van der Waals surface area contributed by atoms with Gasteiger partial charge in [0.05, 0.1) is 0 Å². The molecule has 5 saturated carbocycles. The molecule has 0 saturated heterocycles. The van der Waals surface area contributed by atoms with Gasteiger partial charge in [0, 0.05) is 5.41 Å². The first-order valence-electron chi connectivity index (χ1n) is 13.2. The molecule has 2 aromatic rings. The molecule has 7 aliphatic carbocycles. The Morgan fingerprint density at radius 2 is 1.16 bits per heavy atom. The molecule has 0 radical (unpaired) electrons. The predicted molar refractivity (Wildman–Crippen MR) is 124 cm³/mol. The summed E-state index contributed by atoms with van der Waals surface area (Å²) in [4.78, 5) is 0. The summed E-state index contributed by atoms with van der Waals surface area (Å²) in [6, 6.07) is 19.0. The fourth-order valence-corrected chi connectivity index (χ4v) is 11.5. The lowest BCUT2D eigenvalue weighted by Crippen LogP contribution is -2.34. The lowest BCUT2D eigenvalue weighted by Gasteiger charge is -2.39. The Labute approximate surface area is 186 Å².